The standard InChI is InChI=1S/C14H24N2O4/c1-10-4-6-20-13(10)14(19)16-5-2-3-11(9-16)7-15-8-12(17)18/h10-11,13,15H,2-9H2,1H3,(H,17,18). The van der Waals surface area contributed by atoms with E-state index in [4.69, 9.17) is 9.84 Å². The summed E-state index contributed by atoms with van der Waals surface area (Å²) in [7, 11) is 0. The molecule has 2 heterocycles. The van der Waals surface area contributed by atoms with Gasteiger partial charge in [0.15, 0.2) is 0 Å². The lowest BCUT2D eigenvalue weighted by Crippen LogP contribution is -2.48. The number of carboxylic acids is 1. The number of carbonyl (C=O) groups excluding carboxylic acids is 1. The zero-order valence-corrected chi connectivity index (χ0v) is 12.0. The topological polar surface area (TPSA) is 78.9 Å². The Labute approximate surface area is 119 Å². The van der Waals surface area contributed by atoms with Gasteiger partial charge in [-0.25, -0.2) is 0 Å². The number of amides is 1. The molecule has 0 radical (unpaired) electrons. The molecule has 0 aliphatic carbocycles. The van der Waals surface area contributed by atoms with E-state index in [9.17, 15) is 9.59 Å². The highest BCUT2D eigenvalue weighted by Gasteiger charge is 2.35. The lowest BCUT2D eigenvalue weighted by Gasteiger charge is -2.34. The lowest BCUT2D eigenvalue weighted by atomic mass is 9.96. The maximum absolute atomic E-state index is 12.4. The van der Waals surface area contributed by atoms with Gasteiger partial charge in [-0.05, 0) is 31.1 Å². The van der Waals surface area contributed by atoms with Gasteiger partial charge in [-0.3, -0.25) is 9.59 Å². The Morgan fingerprint density at radius 3 is 2.85 bits per heavy atom. The summed E-state index contributed by atoms with van der Waals surface area (Å²) in [6, 6.07) is 0. The molecule has 0 aromatic carbocycles. The van der Waals surface area contributed by atoms with Crippen molar-refractivity contribution in [3.63, 3.8) is 0 Å². The minimum Gasteiger partial charge on any atom is -0.480 e. The quantitative estimate of drug-likeness (QED) is 0.760. The first-order valence-electron chi connectivity index (χ1n) is 7.41. The second-order valence-corrected chi connectivity index (χ2v) is 5.87. The van der Waals surface area contributed by atoms with Crippen LogP contribution in [0.25, 0.3) is 0 Å². The normalized spacial score (nSPS) is 30.4. The molecule has 6 nitrogen and oxygen atoms in total. The molecular weight excluding hydrogens is 260 g/mol. The number of piperidine rings is 1. The molecule has 2 saturated heterocycles. The molecule has 1 amide bonds. The van der Waals surface area contributed by atoms with Crippen molar-refractivity contribution in [2.24, 2.45) is 11.8 Å². The summed E-state index contributed by atoms with van der Waals surface area (Å²) in [4.78, 5) is 24.8. The number of carboxylic acid groups (broad SMARTS) is 1. The number of likely N-dealkylation sites (tertiary alicyclic amines) is 1. The van der Waals surface area contributed by atoms with Crippen LogP contribution in [0.3, 0.4) is 0 Å². The monoisotopic (exact) mass is 284 g/mol. The first-order chi connectivity index (χ1) is 9.58. The van der Waals surface area contributed by atoms with Crippen molar-refractivity contribution >= 4 is 11.9 Å². The van der Waals surface area contributed by atoms with Gasteiger partial charge in [-0.2, -0.15) is 0 Å². The minimum absolute atomic E-state index is 0.0206. The van der Waals surface area contributed by atoms with Crippen LogP contribution in [0.2, 0.25) is 0 Å². The van der Waals surface area contributed by atoms with Gasteiger partial charge in [0, 0.05) is 26.2 Å². The number of rotatable bonds is 5. The minimum atomic E-state index is -0.845. The van der Waals surface area contributed by atoms with Crippen LogP contribution >= 0.6 is 0 Å². The van der Waals surface area contributed by atoms with Crippen LogP contribution in [0.15, 0.2) is 0 Å². The van der Waals surface area contributed by atoms with Gasteiger partial charge < -0.3 is 20.1 Å². The molecule has 3 unspecified atom stereocenters. The average molecular weight is 284 g/mol. The van der Waals surface area contributed by atoms with Crippen LogP contribution in [-0.4, -0.2) is 60.8 Å². The van der Waals surface area contributed by atoms with E-state index in [1.54, 1.807) is 0 Å². The Hall–Kier alpha value is -1.14. The zero-order valence-electron chi connectivity index (χ0n) is 12.0. The Bertz CT molecular complexity index is 361. The second-order valence-electron chi connectivity index (χ2n) is 5.87. The average Bonchev–Trinajstić information content (AvgIpc) is 2.84. The fraction of sp³-hybridized carbons (Fsp3) is 0.857. The number of hydrogen-bond donors (Lipinski definition) is 2. The summed E-state index contributed by atoms with van der Waals surface area (Å²) in [5.74, 6) is -0.100. The Morgan fingerprint density at radius 1 is 1.40 bits per heavy atom. The zero-order chi connectivity index (χ0) is 14.5. The van der Waals surface area contributed by atoms with Gasteiger partial charge in [0.25, 0.3) is 5.91 Å². The predicted octanol–water partition coefficient (Wildman–Crippen LogP) is 0.324. The van der Waals surface area contributed by atoms with E-state index < -0.39 is 5.97 Å². The SMILES string of the molecule is CC1CCOC1C(=O)N1CCCC(CNCC(=O)O)C1. The molecule has 2 rings (SSSR count). The van der Waals surface area contributed by atoms with Gasteiger partial charge in [-0.1, -0.05) is 6.92 Å². The first-order valence-corrected chi connectivity index (χ1v) is 7.41. The van der Waals surface area contributed by atoms with E-state index in [1.165, 1.54) is 0 Å². The van der Waals surface area contributed by atoms with Crippen molar-refractivity contribution < 1.29 is 19.4 Å². The predicted molar refractivity (Wildman–Crippen MR) is 73.3 cm³/mol. The summed E-state index contributed by atoms with van der Waals surface area (Å²) in [6.45, 7) is 4.86. The van der Waals surface area contributed by atoms with Crippen LogP contribution in [0.5, 0.6) is 0 Å². The van der Waals surface area contributed by atoms with E-state index in [0.29, 0.717) is 31.5 Å². The highest BCUT2D eigenvalue weighted by Crippen LogP contribution is 2.24. The molecule has 0 aromatic rings. The molecule has 2 aliphatic rings. The van der Waals surface area contributed by atoms with Crippen molar-refractivity contribution in [3.05, 3.63) is 0 Å². The maximum atomic E-state index is 12.4. The summed E-state index contributed by atoms with van der Waals surface area (Å²) in [5, 5.41) is 11.5. The van der Waals surface area contributed by atoms with Crippen molar-refractivity contribution in [3.8, 4) is 0 Å². The fourth-order valence-corrected chi connectivity index (χ4v) is 3.01. The van der Waals surface area contributed by atoms with Crippen molar-refractivity contribution in [1.29, 1.82) is 0 Å². The van der Waals surface area contributed by atoms with Crippen LogP contribution in [0.1, 0.15) is 26.2 Å². The number of aliphatic carboxylic acids is 1. The fourth-order valence-electron chi connectivity index (χ4n) is 3.01. The number of carbonyl (C=O) groups is 2. The molecule has 0 bridgehead atoms. The third kappa shape index (κ3) is 3.93. The van der Waals surface area contributed by atoms with E-state index in [1.807, 2.05) is 4.90 Å². The Kier molecular flexibility index (Phi) is 5.37. The molecule has 114 valence electrons. The summed E-state index contributed by atoms with van der Waals surface area (Å²) in [6.07, 6.45) is 2.69. The van der Waals surface area contributed by atoms with Crippen LogP contribution in [-0.2, 0) is 14.3 Å². The number of hydrogen-bond acceptors (Lipinski definition) is 4. The van der Waals surface area contributed by atoms with E-state index in [-0.39, 0.29) is 18.6 Å². The molecule has 2 fully saturated rings. The summed E-state index contributed by atoms with van der Waals surface area (Å²) >= 11 is 0. The third-order valence-electron chi connectivity index (χ3n) is 4.17. The Morgan fingerprint density at radius 2 is 2.20 bits per heavy atom. The molecule has 3 atom stereocenters. The van der Waals surface area contributed by atoms with Crippen molar-refractivity contribution in [2.75, 3.05) is 32.8 Å². The van der Waals surface area contributed by atoms with Gasteiger partial charge in [0.2, 0.25) is 0 Å². The lowest BCUT2D eigenvalue weighted by molar-refractivity contribution is -0.144. The first kappa shape index (κ1) is 15.3. The van der Waals surface area contributed by atoms with Crippen molar-refractivity contribution in [1.82, 2.24) is 10.2 Å². The number of ether oxygens (including phenoxy) is 1. The molecule has 2 aliphatic heterocycles. The largest absolute Gasteiger partial charge is 0.480 e. The van der Waals surface area contributed by atoms with Crippen LogP contribution in [0.4, 0.5) is 0 Å². The third-order valence-corrected chi connectivity index (χ3v) is 4.17. The summed E-state index contributed by atoms with van der Waals surface area (Å²) in [5.41, 5.74) is 0. The maximum Gasteiger partial charge on any atom is 0.317 e. The van der Waals surface area contributed by atoms with Crippen molar-refractivity contribution in [2.45, 2.75) is 32.3 Å². The van der Waals surface area contributed by atoms with Crippen LogP contribution < -0.4 is 5.32 Å². The smallest absolute Gasteiger partial charge is 0.317 e. The number of nitrogens with one attached hydrogen (secondary N) is 1. The van der Waals surface area contributed by atoms with E-state index >= 15 is 0 Å². The summed E-state index contributed by atoms with van der Waals surface area (Å²) < 4.78 is 5.54. The molecule has 2 N–H and O–H groups in total. The van der Waals surface area contributed by atoms with E-state index in [2.05, 4.69) is 12.2 Å². The highest BCUT2D eigenvalue weighted by atomic mass is 16.5. The molecule has 0 saturated carbocycles. The van der Waals surface area contributed by atoms with Crippen LogP contribution in [0, 0.1) is 11.8 Å². The molecular formula is C14H24N2O4. The molecule has 6 heteroatoms. The van der Waals surface area contributed by atoms with Gasteiger partial charge in [0.1, 0.15) is 6.10 Å². The van der Waals surface area contributed by atoms with Gasteiger partial charge in [-0.15, -0.1) is 0 Å². The molecule has 0 spiro atoms. The molecule has 0 aromatic heterocycles. The molecule has 20 heavy (non-hydrogen) atoms. The second kappa shape index (κ2) is 7.04. The Balaban J connectivity index is 1.80. The van der Waals surface area contributed by atoms with Gasteiger partial charge >= 0.3 is 5.97 Å². The highest BCUT2D eigenvalue weighted by molar-refractivity contribution is 5.81. The number of nitrogens with zero attached hydrogens (tertiary/aromatic N) is 1. The van der Waals surface area contributed by atoms with E-state index in [0.717, 1.165) is 25.8 Å². The van der Waals surface area contributed by atoms with Gasteiger partial charge in [0.05, 0.1) is 6.54 Å².